The normalized spacial score (nSPS) is 18.1. The van der Waals surface area contributed by atoms with E-state index in [0.717, 1.165) is 53.6 Å². The number of carbonyl (C=O) groups excluding carboxylic acids is 1. The SMILES string of the molecule is CC(C)[C@H]1c2nc(NC(=O)Cc3cc(F)c(F)c(C4CCC4)c3)sc2CN1Cc1ccc(C(F)(F)F)cc1. The molecule has 0 radical (unpaired) electrons. The van der Waals surface area contributed by atoms with Crippen LogP contribution in [0.3, 0.4) is 0 Å². The van der Waals surface area contributed by atoms with Crippen molar-refractivity contribution in [2.75, 3.05) is 5.32 Å². The van der Waals surface area contributed by atoms with Crippen LogP contribution in [0.25, 0.3) is 0 Å². The lowest BCUT2D eigenvalue weighted by Gasteiger charge is -2.27. The van der Waals surface area contributed by atoms with Crippen molar-refractivity contribution >= 4 is 22.4 Å². The number of carbonyl (C=O) groups is 1. The zero-order valence-electron chi connectivity index (χ0n) is 21.0. The van der Waals surface area contributed by atoms with Gasteiger partial charge in [0.15, 0.2) is 16.8 Å². The number of hydrogen-bond donors (Lipinski definition) is 1. The summed E-state index contributed by atoms with van der Waals surface area (Å²) >= 11 is 1.36. The second-order valence-electron chi connectivity index (χ2n) is 10.4. The van der Waals surface area contributed by atoms with Gasteiger partial charge in [-0.2, -0.15) is 13.2 Å². The van der Waals surface area contributed by atoms with E-state index in [9.17, 15) is 26.7 Å². The lowest BCUT2D eigenvalue weighted by atomic mass is 9.79. The number of fused-ring (bicyclic) bond motifs is 1. The molecule has 1 amide bonds. The average molecular weight is 550 g/mol. The van der Waals surface area contributed by atoms with Crippen molar-refractivity contribution < 1.29 is 26.7 Å². The Morgan fingerprint density at radius 3 is 2.45 bits per heavy atom. The molecule has 5 rings (SSSR count). The van der Waals surface area contributed by atoms with Crippen LogP contribution in [0.2, 0.25) is 0 Å². The van der Waals surface area contributed by atoms with Gasteiger partial charge >= 0.3 is 6.18 Å². The van der Waals surface area contributed by atoms with Crippen LogP contribution in [-0.2, 0) is 30.5 Å². The number of amides is 1. The number of hydrogen-bond acceptors (Lipinski definition) is 4. The topological polar surface area (TPSA) is 45.2 Å². The fourth-order valence-corrected chi connectivity index (χ4v) is 6.32. The number of benzene rings is 2. The summed E-state index contributed by atoms with van der Waals surface area (Å²) in [5, 5.41) is 3.25. The zero-order valence-corrected chi connectivity index (χ0v) is 21.9. The Kier molecular flexibility index (Phi) is 7.30. The van der Waals surface area contributed by atoms with Crippen molar-refractivity contribution in [3.63, 3.8) is 0 Å². The minimum absolute atomic E-state index is 0.00735. The van der Waals surface area contributed by atoms with Crippen LogP contribution in [0.1, 0.15) is 77.9 Å². The molecule has 3 aromatic rings. The van der Waals surface area contributed by atoms with Crippen molar-refractivity contribution in [3.05, 3.63) is 80.9 Å². The lowest BCUT2D eigenvalue weighted by molar-refractivity contribution is -0.137. The molecular formula is C28H28F5N3OS. The van der Waals surface area contributed by atoms with Gasteiger partial charge in [-0.3, -0.25) is 9.69 Å². The van der Waals surface area contributed by atoms with Gasteiger partial charge in [-0.1, -0.05) is 38.5 Å². The predicted octanol–water partition coefficient (Wildman–Crippen LogP) is 7.60. The number of alkyl halides is 3. The van der Waals surface area contributed by atoms with Gasteiger partial charge in [0, 0.05) is 18.0 Å². The van der Waals surface area contributed by atoms with Gasteiger partial charge in [0.05, 0.1) is 23.7 Å². The molecule has 1 aliphatic carbocycles. The van der Waals surface area contributed by atoms with E-state index in [4.69, 9.17) is 0 Å². The molecule has 1 aromatic heterocycles. The minimum Gasteiger partial charge on any atom is -0.302 e. The summed E-state index contributed by atoms with van der Waals surface area (Å²) in [6.07, 6.45) is -1.82. The largest absolute Gasteiger partial charge is 0.416 e. The quantitative estimate of drug-likeness (QED) is 0.309. The van der Waals surface area contributed by atoms with Crippen molar-refractivity contribution in [3.8, 4) is 0 Å². The van der Waals surface area contributed by atoms with Crippen LogP contribution in [0.5, 0.6) is 0 Å². The van der Waals surface area contributed by atoms with Crippen LogP contribution in [0.15, 0.2) is 36.4 Å². The van der Waals surface area contributed by atoms with Gasteiger partial charge < -0.3 is 5.32 Å². The molecule has 2 heterocycles. The summed E-state index contributed by atoms with van der Waals surface area (Å²) in [4.78, 5) is 20.6. The number of halogens is 5. The Labute approximate surface area is 221 Å². The molecule has 2 aliphatic rings. The van der Waals surface area contributed by atoms with E-state index in [1.54, 1.807) is 6.07 Å². The summed E-state index contributed by atoms with van der Waals surface area (Å²) in [6.45, 7) is 5.16. The molecule has 1 fully saturated rings. The predicted molar refractivity (Wildman–Crippen MR) is 136 cm³/mol. The zero-order chi connectivity index (χ0) is 27.2. The lowest BCUT2D eigenvalue weighted by Crippen LogP contribution is -2.26. The highest BCUT2D eigenvalue weighted by atomic mass is 32.1. The molecule has 2 aromatic carbocycles. The summed E-state index contributed by atoms with van der Waals surface area (Å²) in [6, 6.07) is 7.81. The van der Waals surface area contributed by atoms with Crippen LogP contribution in [-0.4, -0.2) is 15.8 Å². The van der Waals surface area contributed by atoms with E-state index < -0.39 is 23.4 Å². The van der Waals surface area contributed by atoms with Crippen molar-refractivity contribution in [2.45, 2.75) is 70.8 Å². The van der Waals surface area contributed by atoms with E-state index in [1.165, 1.54) is 23.5 Å². The Balaban J connectivity index is 1.26. The van der Waals surface area contributed by atoms with Gasteiger partial charge in [-0.05, 0) is 59.6 Å². The molecule has 1 N–H and O–H groups in total. The third kappa shape index (κ3) is 5.47. The molecule has 0 bridgehead atoms. The Morgan fingerprint density at radius 2 is 1.84 bits per heavy atom. The van der Waals surface area contributed by atoms with Gasteiger partial charge in [-0.15, -0.1) is 11.3 Å². The molecule has 1 atom stereocenters. The van der Waals surface area contributed by atoms with E-state index in [-0.39, 0.29) is 30.2 Å². The summed E-state index contributed by atoms with van der Waals surface area (Å²) < 4.78 is 67.1. The number of anilines is 1. The number of nitrogens with zero attached hydrogens (tertiary/aromatic N) is 2. The van der Waals surface area contributed by atoms with Gasteiger partial charge in [-0.25, -0.2) is 13.8 Å². The Morgan fingerprint density at radius 1 is 1.13 bits per heavy atom. The standard InChI is InChI=1S/C28H28F5N3OS/c1-15(2)26-25-22(14-36(26)13-16-6-8-19(9-7-16)28(31,32)33)38-27(35-25)34-23(37)12-17-10-20(18-4-3-5-18)24(30)21(29)11-17/h6-11,15,18,26H,3-5,12-14H2,1-2H3,(H,34,35,37)/t26-/m0/s1. The molecule has 0 unspecified atom stereocenters. The fraction of sp³-hybridized carbons (Fsp3) is 0.429. The van der Waals surface area contributed by atoms with Crippen molar-refractivity contribution in [2.24, 2.45) is 5.92 Å². The van der Waals surface area contributed by atoms with E-state index in [1.807, 2.05) is 0 Å². The van der Waals surface area contributed by atoms with E-state index in [2.05, 4.69) is 29.0 Å². The monoisotopic (exact) mass is 549 g/mol. The maximum Gasteiger partial charge on any atom is 0.416 e. The van der Waals surface area contributed by atoms with Crippen LogP contribution in [0, 0.1) is 17.6 Å². The summed E-state index contributed by atoms with van der Waals surface area (Å²) in [5.41, 5.74) is 1.73. The average Bonchev–Trinajstić information content (AvgIpc) is 3.31. The highest BCUT2D eigenvalue weighted by Gasteiger charge is 2.36. The van der Waals surface area contributed by atoms with Gasteiger partial charge in [0.25, 0.3) is 0 Å². The third-order valence-corrected chi connectivity index (χ3v) is 8.29. The number of aromatic nitrogens is 1. The molecular weight excluding hydrogens is 521 g/mol. The van der Waals surface area contributed by atoms with Gasteiger partial charge in [0.2, 0.25) is 5.91 Å². The van der Waals surface area contributed by atoms with Crippen molar-refractivity contribution in [1.82, 2.24) is 9.88 Å². The van der Waals surface area contributed by atoms with Gasteiger partial charge in [0.1, 0.15) is 0 Å². The fourth-order valence-electron chi connectivity index (χ4n) is 5.28. The van der Waals surface area contributed by atoms with Crippen LogP contribution in [0.4, 0.5) is 27.1 Å². The number of rotatable bonds is 7. The van der Waals surface area contributed by atoms with Crippen molar-refractivity contribution in [1.29, 1.82) is 0 Å². The van der Waals surface area contributed by atoms with Crippen LogP contribution >= 0.6 is 11.3 Å². The number of nitrogens with one attached hydrogen (secondary N) is 1. The first kappa shape index (κ1) is 26.7. The summed E-state index contributed by atoms with van der Waals surface area (Å²) in [7, 11) is 0. The Bertz CT molecular complexity index is 1330. The molecule has 202 valence electrons. The first-order chi connectivity index (χ1) is 18.0. The smallest absolute Gasteiger partial charge is 0.302 e. The molecule has 10 heteroatoms. The molecule has 4 nitrogen and oxygen atoms in total. The van der Waals surface area contributed by atoms with E-state index >= 15 is 0 Å². The molecule has 1 saturated carbocycles. The molecule has 1 aliphatic heterocycles. The van der Waals surface area contributed by atoms with E-state index in [0.29, 0.717) is 29.3 Å². The minimum atomic E-state index is -4.37. The molecule has 0 spiro atoms. The molecule has 0 saturated heterocycles. The third-order valence-electron chi connectivity index (χ3n) is 7.32. The van der Waals surface area contributed by atoms with Crippen LogP contribution < -0.4 is 5.32 Å². The highest BCUT2D eigenvalue weighted by Crippen LogP contribution is 2.43. The first-order valence-electron chi connectivity index (χ1n) is 12.7. The second kappa shape index (κ2) is 10.4. The maximum atomic E-state index is 14.2. The number of thiazole rings is 1. The summed E-state index contributed by atoms with van der Waals surface area (Å²) in [5.74, 6) is -1.92. The molecule has 38 heavy (non-hydrogen) atoms. The second-order valence-corrected chi connectivity index (χ2v) is 11.5. The maximum absolute atomic E-state index is 14.2. The highest BCUT2D eigenvalue weighted by molar-refractivity contribution is 7.15. The first-order valence-corrected chi connectivity index (χ1v) is 13.5. The Hall–Kier alpha value is -2.85.